The first kappa shape index (κ1) is 117. The van der Waals surface area contributed by atoms with Crippen LogP contribution < -0.4 is 27.0 Å². The number of unbranched alkanes of at least 4 members (excludes halogenated alkanes) is 7. The van der Waals surface area contributed by atoms with Crippen molar-refractivity contribution in [2.45, 2.75) is 255 Å². The number of carboxylic acid groups (broad SMARTS) is 1. The number of benzene rings is 1. The van der Waals surface area contributed by atoms with Crippen LogP contribution in [0, 0.1) is 58.7 Å². The number of aliphatic carboxylic acids is 1. The lowest BCUT2D eigenvalue weighted by atomic mass is 9.79. The molecule has 1 saturated carbocycles. The zero-order valence-electron chi connectivity index (χ0n) is 80.9. The molecule has 1 aromatic carbocycles. The Hall–Kier alpha value is -6.27. The van der Waals surface area contributed by atoms with Crippen LogP contribution in [-0.2, 0) is 144 Å². The summed E-state index contributed by atoms with van der Waals surface area (Å²) in [4.78, 5) is 110. The van der Waals surface area contributed by atoms with Crippen molar-refractivity contribution in [3.8, 4) is 0 Å². The topological polar surface area (TPSA) is 442 Å². The van der Waals surface area contributed by atoms with Gasteiger partial charge < -0.3 is 132 Å². The maximum absolute atomic E-state index is 14.0. The summed E-state index contributed by atoms with van der Waals surface area (Å²) in [5.41, 5.74) is 5.42. The number of amides is 4. The molecule has 3 heterocycles. The molecule has 131 heavy (non-hydrogen) atoms. The summed E-state index contributed by atoms with van der Waals surface area (Å²) < 4.78 is 122. The molecule has 756 valence electrons. The fourth-order valence-corrected chi connectivity index (χ4v) is 15.5. The number of nitrogens with one attached hydrogen (secondary N) is 4. The number of alkyl carbamates (subject to hydrolysis) is 1. The number of esters is 3. The molecular formula is C95H165N5O31. The molecule has 7 N–H and O–H groups in total. The van der Waals surface area contributed by atoms with E-state index in [9.17, 15) is 43.2 Å². The molecule has 3 aliphatic heterocycles. The molecule has 4 amide bonds. The number of carbonyl (C=O) groups excluding carboxylic acids is 8. The maximum atomic E-state index is 14.0. The predicted molar refractivity (Wildman–Crippen MR) is 484 cm³/mol. The number of hydrogen-bond acceptors (Lipinski definition) is 31. The highest BCUT2D eigenvalue weighted by Crippen LogP contribution is 2.39. The van der Waals surface area contributed by atoms with Gasteiger partial charge in [0, 0.05) is 128 Å². The zero-order valence-corrected chi connectivity index (χ0v) is 80.9. The standard InChI is InChI=1S/C77H137N3O27.C18H28N2O4/c1-54-57(4)67(48-102-63(10)81)105-74(60(54)7)99-44-41-93-38-35-90-32-26-78-70(85)23-29-96-51-77(47-66(84)21-19-17-15-13-14-16-18-20-22-73(88)89,52-97-30-24-71(86)79-27-33-91-36-39-94-42-45-100-75-61(8)55(2)58(5)68(106-75)49-103-64(11)82)53-98-31-25-72(87)80-28-34-92-37-40-95-43-46-101-76-62(9)56(3)59(6)69(107-76)50-104-65(12)83;19-11-13-23-18(9-5-2-6-10-18)24-14-12-20-17(21)22-15-16-7-3-1-4-8-16/h54-62,67-69,74-76H,13-53H2,1-12H3,(H,78,85)(H,79,86)(H,80,87)(H,88,89);1,3-4,7-8H,2,5-6,9-15,19H2,(H,20,21). The highest BCUT2D eigenvalue weighted by molar-refractivity contribution is 5.79. The summed E-state index contributed by atoms with van der Waals surface area (Å²) in [6, 6.07) is 9.58. The lowest BCUT2D eigenvalue weighted by Crippen LogP contribution is -2.48. The van der Waals surface area contributed by atoms with Gasteiger partial charge >= 0.3 is 30.0 Å². The van der Waals surface area contributed by atoms with Gasteiger partial charge in [0.05, 0.1) is 170 Å². The third-order valence-corrected chi connectivity index (χ3v) is 24.5. The lowest BCUT2D eigenvalue weighted by Gasteiger charge is -2.43. The van der Waals surface area contributed by atoms with Gasteiger partial charge in [-0.3, -0.25) is 38.4 Å². The molecule has 0 bridgehead atoms. The van der Waals surface area contributed by atoms with Crippen LogP contribution in [-0.4, -0.2) is 306 Å². The highest BCUT2D eigenvalue weighted by atomic mass is 16.7. The number of ether oxygens (including phenoxy) is 21. The quantitative estimate of drug-likeness (QED) is 0.0153. The fraction of sp³-hybridized carbons (Fsp3) is 0.842. The van der Waals surface area contributed by atoms with Gasteiger partial charge in [0.15, 0.2) is 24.7 Å². The minimum Gasteiger partial charge on any atom is -0.481 e. The lowest BCUT2D eigenvalue weighted by molar-refractivity contribution is -0.258. The molecule has 1 aromatic rings. The molecule has 36 heteroatoms. The Morgan fingerprint density at radius 1 is 0.382 bits per heavy atom. The molecule has 4 fully saturated rings. The fourth-order valence-electron chi connectivity index (χ4n) is 15.5. The number of rotatable bonds is 73. The first-order chi connectivity index (χ1) is 63.1. The SMILES string of the molecule is CC(=O)OCC1OC(OCCOCCOCCNC(=O)CCOCC(COCCC(=O)NCCOCCOCCOC2OC(COC(C)=O)C(C)C(C)C2C)(COCCC(=O)NCCOCCOCCOC2OC(COC(C)=O)C(C)C(C)C2C)CC(=O)CCCCCCCCCCC(=O)O)C(C)C(C)C1C.NCCOC1(OCCNC(=O)OCc2ccccc2)CCCCC1. The Morgan fingerprint density at radius 3 is 1.09 bits per heavy atom. The van der Waals surface area contributed by atoms with Gasteiger partial charge in [-0.2, -0.15) is 0 Å². The van der Waals surface area contributed by atoms with Crippen molar-refractivity contribution in [1.29, 1.82) is 0 Å². The van der Waals surface area contributed by atoms with Gasteiger partial charge in [-0.05, 0) is 66.8 Å². The minimum atomic E-state index is -1.07. The third-order valence-electron chi connectivity index (χ3n) is 24.5. The van der Waals surface area contributed by atoms with E-state index in [0.717, 1.165) is 69.8 Å². The molecule has 15 atom stereocenters. The molecular weight excluding hydrogens is 1710 g/mol. The van der Waals surface area contributed by atoms with Crippen LogP contribution in [0.5, 0.6) is 0 Å². The van der Waals surface area contributed by atoms with Crippen molar-refractivity contribution < 1.29 is 148 Å². The molecule has 1 aliphatic carbocycles. The molecule has 15 unspecified atom stereocenters. The number of nitrogens with two attached hydrogens (primary N) is 1. The maximum Gasteiger partial charge on any atom is 0.407 e. The van der Waals surface area contributed by atoms with Gasteiger partial charge in [-0.1, -0.05) is 138 Å². The van der Waals surface area contributed by atoms with E-state index in [1.165, 1.54) is 27.2 Å². The van der Waals surface area contributed by atoms with Crippen molar-refractivity contribution in [1.82, 2.24) is 21.3 Å². The second kappa shape index (κ2) is 71.3. The van der Waals surface area contributed by atoms with E-state index in [4.69, 9.17) is 110 Å². The summed E-state index contributed by atoms with van der Waals surface area (Å²) >= 11 is 0. The summed E-state index contributed by atoms with van der Waals surface area (Å²) in [7, 11) is 0. The zero-order chi connectivity index (χ0) is 95.7. The van der Waals surface area contributed by atoms with E-state index in [1.807, 2.05) is 30.3 Å². The van der Waals surface area contributed by atoms with Crippen molar-refractivity contribution >= 4 is 53.5 Å². The summed E-state index contributed by atoms with van der Waals surface area (Å²) in [6.07, 6.45) is 9.90. The normalized spacial score (nSPS) is 23.4. The monoisotopic (exact) mass is 1870 g/mol. The van der Waals surface area contributed by atoms with Crippen molar-refractivity contribution in [3.05, 3.63) is 35.9 Å². The van der Waals surface area contributed by atoms with Gasteiger partial charge in [0.2, 0.25) is 17.7 Å². The Balaban J connectivity index is 0.00000128. The van der Waals surface area contributed by atoms with Crippen LogP contribution in [0.25, 0.3) is 0 Å². The molecule has 0 spiro atoms. The van der Waals surface area contributed by atoms with Crippen LogP contribution in [0.4, 0.5) is 4.79 Å². The summed E-state index contributed by atoms with van der Waals surface area (Å²) in [5.74, 6) is -1.41. The van der Waals surface area contributed by atoms with E-state index < -0.39 is 42.1 Å². The van der Waals surface area contributed by atoms with Gasteiger partial charge in [-0.25, -0.2) is 4.79 Å². The Kier molecular flexibility index (Phi) is 63.7. The van der Waals surface area contributed by atoms with Gasteiger partial charge in [0.25, 0.3) is 0 Å². The van der Waals surface area contributed by atoms with E-state index in [1.54, 1.807) is 0 Å². The van der Waals surface area contributed by atoms with Crippen LogP contribution in [0.1, 0.15) is 211 Å². The average Bonchev–Trinajstić information content (AvgIpc) is 0.825. The highest BCUT2D eigenvalue weighted by Gasteiger charge is 2.44. The largest absolute Gasteiger partial charge is 0.481 e. The molecule has 5 rings (SSSR count). The number of ketones is 1. The Labute approximate surface area is 778 Å². The van der Waals surface area contributed by atoms with Crippen molar-refractivity contribution in [2.75, 3.05) is 205 Å². The number of hydrogen-bond donors (Lipinski definition) is 6. The summed E-state index contributed by atoms with van der Waals surface area (Å²) in [6.45, 7) is 30.6. The second-order valence-corrected chi connectivity index (χ2v) is 34.9. The minimum absolute atomic E-state index is 0.00196. The Bertz CT molecular complexity index is 3000. The first-order valence-corrected chi connectivity index (χ1v) is 48.0. The smallest absolute Gasteiger partial charge is 0.407 e. The number of carbonyl (C=O) groups is 9. The molecule has 3 saturated heterocycles. The van der Waals surface area contributed by atoms with Crippen molar-refractivity contribution in [3.63, 3.8) is 0 Å². The molecule has 0 aromatic heterocycles. The van der Waals surface area contributed by atoms with Crippen molar-refractivity contribution in [2.24, 2.45) is 64.4 Å². The van der Waals surface area contributed by atoms with E-state index in [2.05, 4.69) is 83.6 Å². The van der Waals surface area contributed by atoms with E-state index in [-0.39, 0.29) is 233 Å². The predicted octanol–water partition coefficient (Wildman–Crippen LogP) is 9.79. The van der Waals surface area contributed by atoms with Crippen LogP contribution in [0.15, 0.2) is 30.3 Å². The van der Waals surface area contributed by atoms with Gasteiger partial charge in [-0.15, -0.1) is 0 Å². The van der Waals surface area contributed by atoms with Crippen LogP contribution >= 0.6 is 0 Å². The Morgan fingerprint density at radius 2 is 0.725 bits per heavy atom. The van der Waals surface area contributed by atoms with Crippen LogP contribution in [0.2, 0.25) is 0 Å². The summed E-state index contributed by atoms with van der Waals surface area (Å²) in [5, 5.41) is 20.2. The second-order valence-electron chi connectivity index (χ2n) is 34.9. The van der Waals surface area contributed by atoms with Gasteiger partial charge in [0.1, 0.15) is 32.2 Å². The first-order valence-electron chi connectivity index (χ1n) is 48.0. The molecule has 0 radical (unpaired) electrons. The average molecular weight is 1870 g/mol. The van der Waals surface area contributed by atoms with E-state index in [0.29, 0.717) is 143 Å². The molecule has 4 aliphatic rings. The number of Topliss-reactive ketones (excluding diaryl/α,β-unsaturated/α-hetero) is 1. The van der Waals surface area contributed by atoms with E-state index >= 15 is 0 Å². The number of carboxylic acids is 1. The van der Waals surface area contributed by atoms with Crippen LogP contribution in [0.3, 0.4) is 0 Å². The third kappa shape index (κ3) is 53.2. The molecule has 36 nitrogen and oxygen atoms in total.